The summed E-state index contributed by atoms with van der Waals surface area (Å²) < 4.78 is 1.77. The second-order valence-corrected chi connectivity index (χ2v) is 10.9. The first kappa shape index (κ1) is 22.5. The molecule has 1 saturated heterocycles. The Morgan fingerprint density at radius 3 is 2.56 bits per heavy atom. The predicted molar refractivity (Wildman–Crippen MR) is 129 cm³/mol. The van der Waals surface area contributed by atoms with Gasteiger partial charge in [-0.2, -0.15) is 10.1 Å². The fraction of sp³-hybridized carbons (Fsp3) is 0.458. The van der Waals surface area contributed by atoms with Crippen molar-refractivity contribution < 1.29 is 14.4 Å². The van der Waals surface area contributed by atoms with Gasteiger partial charge in [0, 0.05) is 21.4 Å². The van der Waals surface area contributed by atoms with Crippen LogP contribution >= 0.6 is 11.3 Å². The van der Waals surface area contributed by atoms with E-state index in [1.165, 1.54) is 0 Å². The quantitative estimate of drug-likeness (QED) is 0.543. The molecule has 9 nitrogen and oxygen atoms in total. The molecule has 2 N–H and O–H groups in total. The largest absolute Gasteiger partial charge is 0.344 e. The van der Waals surface area contributed by atoms with Gasteiger partial charge in [0.15, 0.2) is 5.65 Å². The average molecular weight is 481 g/mol. The molecule has 0 aromatic carbocycles. The Balaban J connectivity index is 1.55. The lowest BCUT2D eigenvalue weighted by Gasteiger charge is -2.30. The molecule has 34 heavy (non-hydrogen) atoms. The number of imide groups is 1. The summed E-state index contributed by atoms with van der Waals surface area (Å²) in [6, 6.07) is 3.22. The Labute approximate surface area is 201 Å². The molecule has 1 saturated carbocycles. The van der Waals surface area contributed by atoms with Gasteiger partial charge in [0.1, 0.15) is 5.54 Å². The fourth-order valence-corrected chi connectivity index (χ4v) is 5.92. The summed E-state index contributed by atoms with van der Waals surface area (Å²) in [5, 5.41) is 8.68. The maximum absolute atomic E-state index is 13.5. The summed E-state index contributed by atoms with van der Waals surface area (Å²) >= 11 is 1.67. The lowest BCUT2D eigenvalue weighted by atomic mass is 9.82. The summed E-state index contributed by atoms with van der Waals surface area (Å²) in [7, 11) is 0. The van der Waals surface area contributed by atoms with E-state index in [0.29, 0.717) is 35.1 Å². The number of fused-ring (bicyclic) bond motifs is 1. The number of hydrogen-bond acceptors (Lipinski definition) is 6. The topological polar surface area (TPSA) is 109 Å². The number of thiophene rings is 1. The highest BCUT2D eigenvalue weighted by Crippen LogP contribution is 2.34. The van der Waals surface area contributed by atoms with E-state index < -0.39 is 23.4 Å². The van der Waals surface area contributed by atoms with E-state index in [9.17, 15) is 14.4 Å². The van der Waals surface area contributed by atoms with Crippen LogP contribution in [-0.2, 0) is 4.79 Å². The normalized spacial score (nSPS) is 17.7. The number of nitrogens with zero attached hydrogens (tertiary/aromatic N) is 4. The molecule has 2 fully saturated rings. The molecule has 1 spiro atoms. The molecule has 3 aromatic heterocycles. The molecule has 10 heteroatoms. The molecule has 1 aliphatic heterocycles. The van der Waals surface area contributed by atoms with Crippen molar-refractivity contribution in [2.45, 2.75) is 71.4 Å². The van der Waals surface area contributed by atoms with Crippen molar-refractivity contribution in [2.75, 3.05) is 0 Å². The van der Waals surface area contributed by atoms with Gasteiger partial charge in [-0.05, 0) is 52.7 Å². The van der Waals surface area contributed by atoms with Crippen molar-refractivity contribution in [2.24, 2.45) is 0 Å². The van der Waals surface area contributed by atoms with Gasteiger partial charge >= 0.3 is 6.03 Å². The van der Waals surface area contributed by atoms with Crippen LogP contribution in [0.2, 0.25) is 0 Å². The number of carbonyl (C=O) groups excluding carboxylic acids is 3. The third-order valence-corrected chi connectivity index (χ3v) is 7.67. The van der Waals surface area contributed by atoms with Gasteiger partial charge in [-0.1, -0.05) is 19.3 Å². The van der Waals surface area contributed by atoms with E-state index in [0.717, 1.165) is 39.6 Å². The molecule has 0 unspecified atom stereocenters. The molecule has 0 radical (unpaired) electrons. The third-order valence-electron chi connectivity index (χ3n) is 6.70. The first-order chi connectivity index (χ1) is 16.2. The van der Waals surface area contributed by atoms with Crippen LogP contribution in [0.25, 0.3) is 22.3 Å². The van der Waals surface area contributed by atoms with E-state index in [4.69, 9.17) is 4.98 Å². The summed E-state index contributed by atoms with van der Waals surface area (Å²) in [4.78, 5) is 46.4. The lowest BCUT2D eigenvalue weighted by molar-refractivity contribution is -0.134. The van der Waals surface area contributed by atoms with E-state index in [1.807, 2.05) is 27.7 Å². The molecule has 3 aromatic rings. The van der Waals surface area contributed by atoms with Crippen molar-refractivity contribution in [3.8, 4) is 11.3 Å². The third kappa shape index (κ3) is 3.56. The van der Waals surface area contributed by atoms with Crippen molar-refractivity contribution in [1.29, 1.82) is 0 Å². The van der Waals surface area contributed by atoms with Crippen molar-refractivity contribution in [3.63, 3.8) is 0 Å². The minimum Gasteiger partial charge on any atom is -0.322 e. The van der Waals surface area contributed by atoms with Gasteiger partial charge in [-0.15, -0.1) is 11.3 Å². The molecule has 4 amide bonds. The number of carbonyl (C=O) groups is 3. The number of hydrogen-bond donors (Lipinski definition) is 2. The van der Waals surface area contributed by atoms with E-state index >= 15 is 0 Å². The van der Waals surface area contributed by atoms with Gasteiger partial charge in [0.05, 0.1) is 22.8 Å². The van der Waals surface area contributed by atoms with Crippen LogP contribution < -0.4 is 10.7 Å². The van der Waals surface area contributed by atoms with E-state index in [2.05, 4.69) is 21.9 Å². The zero-order valence-electron chi connectivity index (χ0n) is 19.8. The molecule has 0 atom stereocenters. The molecule has 4 heterocycles. The van der Waals surface area contributed by atoms with Crippen LogP contribution in [0.4, 0.5) is 4.79 Å². The van der Waals surface area contributed by atoms with Crippen LogP contribution in [0.1, 0.15) is 72.1 Å². The molecule has 5 rings (SSSR count). The molecular weight excluding hydrogens is 452 g/mol. The predicted octanol–water partition coefficient (Wildman–Crippen LogP) is 4.26. The van der Waals surface area contributed by atoms with Crippen LogP contribution in [0, 0.1) is 13.8 Å². The van der Waals surface area contributed by atoms with Crippen molar-refractivity contribution in [1.82, 2.24) is 30.5 Å². The van der Waals surface area contributed by atoms with Gasteiger partial charge in [0.2, 0.25) is 0 Å². The molecule has 2 aliphatic rings. The van der Waals surface area contributed by atoms with Crippen LogP contribution in [-0.4, -0.2) is 43.2 Å². The van der Waals surface area contributed by atoms with Gasteiger partial charge in [-0.25, -0.2) is 14.5 Å². The second-order valence-electron chi connectivity index (χ2n) is 9.46. The summed E-state index contributed by atoms with van der Waals surface area (Å²) in [6.07, 6.45) is 5.57. The summed E-state index contributed by atoms with van der Waals surface area (Å²) in [5.41, 5.74) is 4.17. The Morgan fingerprint density at radius 2 is 1.91 bits per heavy atom. The number of nitrogens with one attached hydrogen (secondary N) is 2. The van der Waals surface area contributed by atoms with Crippen LogP contribution in [0.15, 0.2) is 18.3 Å². The minimum atomic E-state index is -0.908. The number of aromatic nitrogens is 3. The number of pyridine rings is 1. The lowest BCUT2D eigenvalue weighted by Crippen LogP contribution is -2.51. The second kappa shape index (κ2) is 8.19. The van der Waals surface area contributed by atoms with E-state index in [-0.39, 0.29) is 6.04 Å². The Bertz CT molecular complexity index is 1320. The molecule has 0 bridgehead atoms. The number of urea groups is 1. The Kier molecular flexibility index (Phi) is 5.43. The van der Waals surface area contributed by atoms with Crippen molar-refractivity contribution in [3.05, 3.63) is 33.6 Å². The average Bonchev–Trinajstić information content (AvgIpc) is 3.44. The number of rotatable bonds is 4. The smallest absolute Gasteiger partial charge is 0.322 e. The first-order valence-corrected chi connectivity index (χ1v) is 12.5. The maximum Gasteiger partial charge on any atom is 0.344 e. The van der Waals surface area contributed by atoms with E-state index in [1.54, 1.807) is 28.3 Å². The van der Waals surface area contributed by atoms with Gasteiger partial charge < -0.3 is 5.32 Å². The maximum atomic E-state index is 13.5. The highest BCUT2D eigenvalue weighted by atomic mass is 32.1. The monoisotopic (exact) mass is 480 g/mol. The summed E-state index contributed by atoms with van der Waals surface area (Å²) in [5.74, 6) is -0.934. The molecule has 178 valence electrons. The SMILES string of the molecule is Cc1cc(-c2cc(C(=O)NN3C(=O)NC4(CCCCC4)C3=O)c3cnn(C(C)C)c3n2)c(C)s1. The highest BCUT2D eigenvalue weighted by Gasteiger charge is 2.52. The summed E-state index contributed by atoms with van der Waals surface area (Å²) in [6.45, 7) is 8.05. The Hall–Kier alpha value is -3.27. The minimum absolute atomic E-state index is 0.0403. The number of aryl methyl sites for hydroxylation is 2. The fourth-order valence-electron chi connectivity index (χ4n) is 4.98. The van der Waals surface area contributed by atoms with Crippen molar-refractivity contribution >= 4 is 40.2 Å². The zero-order valence-corrected chi connectivity index (χ0v) is 20.6. The number of hydrazine groups is 1. The highest BCUT2D eigenvalue weighted by molar-refractivity contribution is 7.12. The Morgan fingerprint density at radius 1 is 1.18 bits per heavy atom. The van der Waals surface area contributed by atoms with Crippen LogP contribution in [0.5, 0.6) is 0 Å². The molecular formula is C24H28N6O3S. The molecule has 1 aliphatic carbocycles. The number of amides is 4. The first-order valence-electron chi connectivity index (χ1n) is 11.6. The standard InChI is InChI=1S/C24H28N6O3S/c1-13(2)29-20-18(12-25-29)17(11-19(26-20)16-10-14(3)34-15(16)4)21(31)28-30-22(32)24(27-23(30)33)8-6-5-7-9-24/h10-13H,5-9H2,1-4H3,(H,27,33)(H,28,31). The van der Waals surface area contributed by atoms with Gasteiger partial charge in [-0.3, -0.25) is 15.0 Å². The zero-order chi connectivity index (χ0) is 24.2. The van der Waals surface area contributed by atoms with Gasteiger partial charge in [0.25, 0.3) is 11.8 Å². The van der Waals surface area contributed by atoms with Crippen LogP contribution in [0.3, 0.4) is 0 Å².